The average Bonchev–Trinajstić information content (AvgIpc) is 2.62. The molecule has 0 spiro atoms. The van der Waals surface area contributed by atoms with E-state index in [9.17, 15) is 4.79 Å². The molecular formula is C18H21N3O4. The van der Waals surface area contributed by atoms with E-state index in [1.54, 1.807) is 13.2 Å². The zero-order chi connectivity index (χ0) is 17.8. The van der Waals surface area contributed by atoms with Crippen LogP contribution < -0.4 is 15.2 Å². The number of nitrogen functional groups attached to an aromatic ring is 1. The van der Waals surface area contributed by atoms with Crippen LogP contribution in [0.15, 0.2) is 36.4 Å². The van der Waals surface area contributed by atoms with Crippen molar-refractivity contribution < 1.29 is 19.4 Å². The van der Waals surface area contributed by atoms with Crippen LogP contribution in [-0.2, 0) is 0 Å². The Kier molecular flexibility index (Phi) is 4.92. The first-order valence-corrected chi connectivity index (χ1v) is 8.12. The number of piperidine rings is 1. The van der Waals surface area contributed by atoms with Gasteiger partial charge < -0.3 is 25.2 Å². The number of pyridine rings is 1. The van der Waals surface area contributed by atoms with Crippen LogP contribution in [0.4, 0.5) is 10.6 Å². The van der Waals surface area contributed by atoms with Crippen LogP contribution >= 0.6 is 0 Å². The third-order valence-corrected chi connectivity index (χ3v) is 4.23. The van der Waals surface area contributed by atoms with Crippen LogP contribution in [0.25, 0.3) is 11.3 Å². The number of ether oxygens (including phenoxy) is 2. The minimum Gasteiger partial charge on any atom is -0.496 e. The molecule has 1 aliphatic heterocycles. The Morgan fingerprint density at radius 1 is 1.28 bits per heavy atom. The number of hydrogen-bond acceptors (Lipinski definition) is 5. The number of likely N-dealkylation sites (tertiary alicyclic amines) is 1. The lowest BCUT2D eigenvalue weighted by molar-refractivity contribution is 0.0894. The largest absolute Gasteiger partial charge is 0.496 e. The molecule has 1 aromatic carbocycles. The Morgan fingerprint density at radius 2 is 2.04 bits per heavy atom. The van der Waals surface area contributed by atoms with Gasteiger partial charge in [0.2, 0.25) is 0 Å². The number of nitrogens with zero attached hydrogens (tertiary/aromatic N) is 2. The molecule has 3 rings (SSSR count). The van der Waals surface area contributed by atoms with Gasteiger partial charge in [-0.3, -0.25) is 0 Å². The summed E-state index contributed by atoms with van der Waals surface area (Å²) < 4.78 is 11.5. The van der Waals surface area contributed by atoms with Gasteiger partial charge in [-0.15, -0.1) is 0 Å². The summed E-state index contributed by atoms with van der Waals surface area (Å²) in [5.41, 5.74) is 7.32. The van der Waals surface area contributed by atoms with E-state index < -0.39 is 6.09 Å². The highest BCUT2D eigenvalue weighted by Gasteiger charge is 2.23. The topological polar surface area (TPSA) is 97.9 Å². The molecule has 0 aliphatic carbocycles. The number of carboxylic acid groups (broad SMARTS) is 1. The third-order valence-electron chi connectivity index (χ3n) is 4.23. The molecule has 0 bridgehead atoms. The maximum Gasteiger partial charge on any atom is 0.407 e. The fourth-order valence-electron chi connectivity index (χ4n) is 2.92. The Balaban J connectivity index is 1.73. The maximum atomic E-state index is 11.0. The van der Waals surface area contributed by atoms with Gasteiger partial charge >= 0.3 is 6.09 Å². The minimum absolute atomic E-state index is 0.00310. The number of benzene rings is 1. The fraction of sp³-hybridized carbons (Fsp3) is 0.333. The van der Waals surface area contributed by atoms with Crippen molar-refractivity contribution in [2.45, 2.75) is 18.9 Å². The second-order valence-electron chi connectivity index (χ2n) is 5.90. The van der Waals surface area contributed by atoms with E-state index in [-0.39, 0.29) is 6.10 Å². The summed E-state index contributed by atoms with van der Waals surface area (Å²) in [6.07, 6.45) is 0.469. The van der Waals surface area contributed by atoms with Crippen molar-refractivity contribution in [2.75, 3.05) is 25.9 Å². The van der Waals surface area contributed by atoms with Gasteiger partial charge in [0.05, 0.1) is 12.8 Å². The summed E-state index contributed by atoms with van der Waals surface area (Å²) in [6.45, 7) is 0.977. The van der Waals surface area contributed by atoms with Gasteiger partial charge in [-0.05, 0) is 24.3 Å². The van der Waals surface area contributed by atoms with Gasteiger partial charge in [0.15, 0.2) is 0 Å². The summed E-state index contributed by atoms with van der Waals surface area (Å²) in [4.78, 5) is 16.7. The zero-order valence-electron chi connectivity index (χ0n) is 14.0. The number of carbonyl (C=O) groups is 1. The monoisotopic (exact) mass is 343 g/mol. The van der Waals surface area contributed by atoms with Gasteiger partial charge in [-0.25, -0.2) is 9.78 Å². The summed E-state index contributed by atoms with van der Waals surface area (Å²) in [5, 5.41) is 8.99. The second-order valence-corrected chi connectivity index (χ2v) is 5.90. The molecule has 7 nitrogen and oxygen atoms in total. The molecule has 25 heavy (non-hydrogen) atoms. The van der Waals surface area contributed by atoms with Crippen LogP contribution in [0.5, 0.6) is 11.5 Å². The van der Waals surface area contributed by atoms with Gasteiger partial charge in [-0.2, -0.15) is 0 Å². The average molecular weight is 343 g/mol. The van der Waals surface area contributed by atoms with Crippen LogP contribution in [0.1, 0.15) is 12.8 Å². The van der Waals surface area contributed by atoms with Crippen LogP contribution in [-0.4, -0.2) is 47.4 Å². The first-order valence-electron chi connectivity index (χ1n) is 8.12. The Bertz CT molecular complexity index is 758. The van der Waals surface area contributed by atoms with E-state index in [0.29, 0.717) is 43.2 Å². The van der Waals surface area contributed by atoms with Crippen molar-refractivity contribution in [3.8, 4) is 22.8 Å². The highest BCUT2D eigenvalue weighted by atomic mass is 16.5. The lowest BCUT2D eigenvalue weighted by Gasteiger charge is -2.30. The molecule has 1 saturated heterocycles. The van der Waals surface area contributed by atoms with E-state index in [1.807, 2.05) is 30.3 Å². The van der Waals surface area contributed by atoms with E-state index in [1.165, 1.54) is 4.90 Å². The van der Waals surface area contributed by atoms with Crippen molar-refractivity contribution in [3.05, 3.63) is 36.4 Å². The predicted molar refractivity (Wildman–Crippen MR) is 93.9 cm³/mol. The number of nitrogens with two attached hydrogens (primary N) is 1. The first-order chi connectivity index (χ1) is 12.1. The standard InChI is InChI=1S/C18H21N3O4/c1-24-16-11-13(25-12-7-9-21(10-8-12)18(22)23)5-6-14(16)15-3-2-4-17(19)20-15/h2-6,11-12H,7-10H2,1H3,(H2,19,20)(H,22,23). The third kappa shape index (κ3) is 3.93. The van der Waals surface area contributed by atoms with Crippen molar-refractivity contribution in [2.24, 2.45) is 0 Å². The first kappa shape index (κ1) is 16.9. The van der Waals surface area contributed by atoms with Gasteiger partial charge in [0.1, 0.15) is 23.4 Å². The molecule has 132 valence electrons. The number of amides is 1. The lowest BCUT2D eigenvalue weighted by atomic mass is 10.1. The van der Waals surface area contributed by atoms with Crippen LogP contribution in [0.3, 0.4) is 0 Å². The Labute approximate surface area is 146 Å². The van der Waals surface area contributed by atoms with Crippen molar-refractivity contribution in [1.82, 2.24) is 9.88 Å². The molecule has 2 heterocycles. The van der Waals surface area contributed by atoms with Gasteiger partial charge in [0.25, 0.3) is 0 Å². The van der Waals surface area contributed by atoms with E-state index in [0.717, 1.165) is 11.3 Å². The SMILES string of the molecule is COc1cc(OC2CCN(C(=O)O)CC2)ccc1-c1cccc(N)n1. The van der Waals surface area contributed by atoms with E-state index in [4.69, 9.17) is 20.3 Å². The van der Waals surface area contributed by atoms with Crippen molar-refractivity contribution in [3.63, 3.8) is 0 Å². The molecule has 3 N–H and O–H groups in total. The van der Waals surface area contributed by atoms with Gasteiger partial charge in [0, 0.05) is 37.6 Å². The van der Waals surface area contributed by atoms with Gasteiger partial charge in [-0.1, -0.05) is 6.07 Å². The number of anilines is 1. The molecular weight excluding hydrogens is 322 g/mol. The minimum atomic E-state index is -0.876. The summed E-state index contributed by atoms with van der Waals surface area (Å²) in [6, 6.07) is 11.0. The number of methoxy groups -OCH3 is 1. The molecule has 1 fully saturated rings. The second kappa shape index (κ2) is 7.29. The number of hydrogen-bond donors (Lipinski definition) is 2. The van der Waals surface area contributed by atoms with Crippen LogP contribution in [0, 0.1) is 0 Å². The maximum absolute atomic E-state index is 11.0. The normalized spacial score (nSPS) is 15.0. The molecule has 0 radical (unpaired) electrons. The number of aromatic nitrogens is 1. The summed E-state index contributed by atoms with van der Waals surface area (Å²) in [7, 11) is 1.60. The summed E-state index contributed by atoms with van der Waals surface area (Å²) in [5.74, 6) is 1.79. The van der Waals surface area contributed by atoms with Crippen molar-refractivity contribution >= 4 is 11.9 Å². The van der Waals surface area contributed by atoms with Crippen molar-refractivity contribution in [1.29, 1.82) is 0 Å². The predicted octanol–water partition coefficient (Wildman–Crippen LogP) is 2.86. The molecule has 1 aliphatic rings. The summed E-state index contributed by atoms with van der Waals surface area (Å²) >= 11 is 0. The van der Waals surface area contributed by atoms with E-state index in [2.05, 4.69) is 4.98 Å². The molecule has 0 unspecified atom stereocenters. The molecule has 0 atom stereocenters. The van der Waals surface area contributed by atoms with E-state index >= 15 is 0 Å². The lowest BCUT2D eigenvalue weighted by Crippen LogP contribution is -2.41. The highest BCUT2D eigenvalue weighted by molar-refractivity contribution is 5.69. The zero-order valence-corrected chi connectivity index (χ0v) is 14.0. The molecule has 0 saturated carbocycles. The van der Waals surface area contributed by atoms with Crippen LogP contribution in [0.2, 0.25) is 0 Å². The molecule has 7 heteroatoms. The quantitative estimate of drug-likeness (QED) is 0.886. The highest BCUT2D eigenvalue weighted by Crippen LogP contribution is 2.33. The number of rotatable bonds is 4. The molecule has 1 amide bonds. The molecule has 2 aromatic rings. The Morgan fingerprint density at radius 3 is 2.68 bits per heavy atom. The smallest absolute Gasteiger partial charge is 0.407 e. The fourth-order valence-corrected chi connectivity index (χ4v) is 2.92. The Hall–Kier alpha value is -2.96. The molecule has 1 aromatic heterocycles.